The molecule has 1 aromatic heterocycles. The van der Waals surface area contributed by atoms with Crippen LogP contribution in [0.2, 0.25) is 5.02 Å². The predicted molar refractivity (Wildman–Crippen MR) is 91.2 cm³/mol. The third-order valence-corrected chi connectivity index (χ3v) is 3.53. The minimum Gasteiger partial charge on any atom is -0.350 e. The molecule has 2 N–H and O–H groups in total. The summed E-state index contributed by atoms with van der Waals surface area (Å²) in [6.45, 7) is 3.57. The average Bonchev–Trinajstić information content (AvgIpc) is 2.55. The van der Waals surface area contributed by atoms with Gasteiger partial charge in [0.2, 0.25) is 0 Å². The van der Waals surface area contributed by atoms with Crippen LogP contribution in [0.5, 0.6) is 0 Å². The number of nitrogens with zero attached hydrogens (tertiary/aromatic N) is 1. The Labute approximate surface area is 152 Å². The first-order valence-electron chi connectivity index (χ1n) is 7.53. The molecule has 0 saturated carbocycles. The molecule has 1 aromatic carbocycles. The predicted octanol–water partition coefficient (Wildman–Crippen LogP) is 4.14. The van der Waals surface area contributed by atoms with Crippen molar-refractivity contribution in [2.24, 2.45) is 0 Å². The number of benzene rings is 1. The fourth-order valence-corrected chi connectivity index (χ4v) is 2.28. The van der Waals surface area contributed by atoms with Gasteiger partial charge in [-0.15, -0.1) is 0 Å². The van der Waals surface area contributed by atoms with Crippen LogP contribution in [-0.4, -0.2) is 22.8 Å². The quantitative estimate of drug-likeness (QED) is 0.830. The maximum atomic E-state index is 12.9. The summed E-state index contributed by atoms with van der Waals surface area (Å²) in [5, 5.41) is 4.51. The molecular weight excluding hydrogens is 371 g/mol. The van der Waals surface area contributed by atoms with Gasteiger partial charge in [-0.25, -0.2) is 0 Å². The van der Waals surface area contributed by atoms with Gasteiger partial charge in [0.05, 0.1) is 10.6 Å². The van der Waals surface area contributed by atoms with Crippen molar-refractivity contribution in [3.05, 3.63) is 58.4 Å². The number of alkyl halides is 3. The average molecular weight is 386 g/mol. The lowest BCUT2D eigenvalue weighted by Gasteiger charge is -2.12. The highest BCUT2D eigenvalue weighted by atomic mass is 35.5. The summed E-state index contributed by atoms with van der Waals surface area (Å²) < 4.78 is 38.6. The molecule has 26 heavy (non-hydrogen) atoms. The molecule has 5 nitrogen and oxygen atoms in total. The molecule has 0 atom stereocenters. The molecular formula is C17H15ClF3N3O2. The van der Waals surface area contributed by atoms with Gasteiger partial charge in [-0.3, -0.25) is 14.6 Å². The summed E-state index contributed by atoms with van der Waals surface area (Å²) in [5.41, 5.74) is -1.05. The van der Waals surface area contributed by atoms with E-state index in [1.54, 1.807) is 13.8 Å². The molecule has 138 valence electrons. The molecule has 0 aliphatic heterocycles. The van der Waals surface area contributed by atoms with Crippen LogP contribution in [0.1, 0.15) is 40.3 Å². The fraction of sp³-hybridized carbons (Fsp3) is 0.235. The number of pyridine rings is 1. The molecule has 0 radical (unpaired) electrons. The zero-order chi connectivity index (χ0) is 19.5. The Hall–Kier alpha value is -2.61. The molecule has 0 fully saturated rings. The number of anilines is 1. The number of hydrogen-bond donors (Lipinski definition) is 2. The molecule has 0 aliphatic carbocycles. The molecule has 2 aromatic rings. The van der Waals surface area contributed by atoms with Crippen molar-refractivity contribution in [2.45, 2.75) is 26.1 Å². The second kappa shape index (κ2) is 7.74. The number of amides is 2. The number of carbonyl (C=O) groups is 2. The van der Waals surface area contributed by atoms with Gasteiger partial charge in [-0.05, 0) is 44.2 Å². The topological polar surface area (TPSA) is 71.1 Å². The van der Waals surface area contributed by atoms with E-state index in [9.17, 15) is 22.8 Å². The van der Waals surface area contributed by atoms with Crippen molar-refractivity contribution in [3.63, 3.8) is 0 Å². The highest BCUT2D eigenvalue weighted by Crippen LogP contribution is 2.36. The first-order chi connectivity index (χ1) is 12.1. The number of rotatable bonds is 4. The Morgan fingerprint density at radius 3 is 2.42 bits per heavy atom. The number of aromatic nitrogens is 1. The number of nitrogens with one attached hydrogen (secondary N) is 2. The lowest BCUT2D eigenvalue weighted by atomic mass is 10.1. The number of carbonyl (C=O) groups excluding carboxylic acids is 2. The van der Waals surface area contributed by atoms with E-state index in [1.165, 1.54) is 24.4 Å². The summed E-state index contributed by atoms with van der Waals surface area (Å²) in [7, 11) is 0. The first-order valence-corrected chi connectivity index (χ1v) is 7.90. The highest BCUT2D eigenvalue weighted by Gasteiger charge is 2.33. The normalized spacial score (nSPS) is 11.3. The van der Waals surface area contributed by atoms with E-state index in [0.717, 1.165) is 12.1 Å². The molecule has 0 unspecified atom stereocenters. The third-order valence-electron chi connectivity index (χ3n) is 3.20. The summed E-state index contributed by atoms with van der Waals surface area (Å²) >= 11 is 5.54. The Morgan fingerprint density at radius 2 is 1.81 bits per heavy atom. The van der Waals surface area contributed by atoms with Crippen molar-refractivity contribution in [3.8, 4) is 0 Å². The highest BCUT2D eigenvalue weighted by molar-refractivity contribution is 6.31. The molecule has 0 bridgehead atoms. The Morgan fingerprint density at radius 1 is 1.12 bits per heavy atom. The van der Waals surface area contributed by atoms with Crippen LogP contribution in [0.25, 0.3) is 0 Å². The monoisotopic (exact) mass is 385 g/mol. The van der Waals surface area contributed by atoms with Crippen molar-refractivity contribution < 1.29 is 22.8 Å². The standard InChI is InChI=1S/C17H15ClF3N3O2/c1-9(2)23-15(25)10-5-6-22-14(7-10)16(26)24-11-3-4-13(18)12(8-11)17(19,20)21/h3-9H,1-2H3,(H,23,25)(H,24,26). The van der Waals surface area contributed by atoms with Crippen LogP contribution in [0.15, 0.2) is 36.5 Å². The second-order valence-electron chi connectivity index (χ2n) is 5.70. The van der Waals surface area contributed by atoms with Crippen LogP contribution in [0.4, 0.5) is 18.9 Å². The largest absolute Gasteiger partial charge is 0.417 e. The van der Waals surface area contributed by atoms with E-state index in [2.05, 4.69) is 15.6 Å². The molecule has 2 amide bonds. The summed E-state index contributed by atoms with van der Waals surface area (Å²) in [6, 6.07) is 5.61. The van der Waals surface area contributed by atoms with E-state index in [4.69, 9.17) is 11.6 Å². The van der Waals surface area contributed by atoms with Gasteiger partial charge >= 0.3 is 6.18 Å². The lowest BCUT2D eigenvalue weighted by Crippen LogP contribution is -2.30. The molecule has 2 rings (SSSR count). The van der Waals surface area contributed by atoms with Gasteiger partial charge in [-0.2, -0.15) is 13.2 Å². The fourth-order valence-electron chi connectivity index (χ4n) is 2.06. The van der Waals surface area contributed by atoms with E-state index in [-0.39, 0.29) is 28.9 Å². The van der Waals surface area contributed by atoms with Crippen molar-refractivity contribution in [1.29, 1.82) is 0 Å². The van der Waals surface area contributed by atoms with E-state index in [1.807, 2.05) is 0 Å². The molecule has 0 spiro atoms. The van der Waals surface area contributed by atoms with E-state index in [0.29, 0.717) is 0 Å². The molecule has 1 heterocycles. The van der Waals surface area contributed by atoms with Crippen molar-refractivity contribution >= 4 is 29.1 Å². The second-order valence-corrected chi connectivity index (χ2v) is 6.11. The zero-order valence-corrected chi connectivity index (χ0v) is 14.6. The summed E-state index contributed by atoms with van der Waals surface area (Å²) in [4.78, 5) is 28.1. The first kappa shape index (κ1) is 19.7. The molecule has 9 heteroatoms. The number of hydrogen-bond acceptors (Lipinski definition) is 3. The Bertz CT molecular complexity index is 838. The lowest BCUT2D eigenvalue weighted by molar-refractivity contribution is -0.137. The number of halogens is 4. The van der Waals surface area contributed by atoms with Crippen LogP contribution < -0.4 is 10.6 Å². The smallest absolute Gasteiger partial charge is 0.350 e. The minimum atomic E-state index is -4.65. The van der Waals surface area contributed by atoms with Gasteiger partial charge in [0, 0.05) is 23.5 Å². The van der Waals surface area contributed by atoms with Gasteiger partial charge in [-0.1, -0.05) is 11.6 Å². The van der Waals surface area contributed by atoms with E-state index >= 15 is 0 Å². The Kier molecular flexibility index (Phi) is 5.86. The van der Waals surface area contributed by atoms with Crippen LogP contribution >= 0.6 is 11.6 Å². The van der Waals surface area contributed by atoms with Crippen LogP contribution in [-0.2, 0) is 6.18 Å². The third kappa shape index (κ3) is 4.95. The zero-order valence-electron chi connectivity index (χ0n) is 13.8. The maximum Gasteiger partial charge on any atom is 0.417 e. The summed E-state index contributed by atoms with van der Waals surface area (Å²) in [5.74, 6) is -1.14. The van der Waals surface area contributed by atoms with E-state index < -0.39 is 22.7 Å². The van der Waals surface area contributed by atoms with Crippen molar-refractivity contribution in [2.75, 3.05) is 5.32 Å². The maximum absolute atomic E-state index is 12.9. The van der Waals surface area contributed by atoms with Gasteiger partial charge in [0.25, 0.3) is 11.8 Å². The van der Waals surface area contributed by atoms with Crippen LogP contribution in [0, 0.1) is 0 Å². The Balaban J connectivity index is 2.22. The summed E-state index contributed by atoms with van der Waals surface area (Å²) in [6.07, 6.45) is -3.38. The van der Waals surface area contributed by atoms with Gasteiger partial charge < -0.3 is 10.6 Å². The molecule has 0 saturated heterocycles. The SMILES string of the molecule is CC(C)NC(=O)c1ccnc(C(=O)Nc2ccc(Cl)c(C(F)(F)F)c2)c1. The van der Waals surface area contributed by atoms with Gasteiger partial charge in [0.15, 0.2) is 0 Å². The van der Waals surface area contributed by atoms with Gasteiger partial charge in [0.1, 0.15) is 5.69 Å². The molecule has 0 aliphatic rings. The van der Waals surface area contributed by atoms with Crippen molar-refractivity contribution in [1.82, 2.24) is 10.3 Å². The van der Waals surface area contributed by atoms with Crippen LogP contribution in [0.3, 0.4) is 0 Å². The minimum absolute atomic E-state index is 0.0921.